The number of nitrogens with two attached hydrogens (primary N) is 1. The van der Waals surface area contributed by atoms with Crippen molar-refractivity contribution in [3.8, 4) is 0 Å². The number of fused-ring (bicyclic) bond motifs is 1. The number of amides is 1. The van der Waals surface area contributed by atoms with Gasteiger partial charge in [-0.25, -0.2) is 0 Å². The molecule has 5 heteroatoms. The largest absolute Gasteiger partial charge is 0.347 e. The van der Waals surface area contributed by atoms with E-state index in [-0.39, 0.29) is 23.2 Å². The minimum Gasteiger partial charge on any atom is -0.347 e. The molecular formula is C16H21N3O2. The van der Waals surface area contributed by atoms with Crippen LogP contribution in [0.3, 0.4) is 0 Å². The number of unbranched alkanes of at least 4 members (excludes halogenated alkanes) is 1. The fourth-order valence-electron chi connectivity index (χ4n) is 2.30. The van der Waals surface area contributed by atoms with Crippen molar-refractivity contribution in [2.24, 2.45) is 5.73 Å². The van der Waals surface area contributed by atoms with Crippen LogP contribution in [0.1, 0.15) is 36.7 Å². The normalized spacial score (nSPS) is 12.3. The highest BCUT2D eigenvalue weighted by Gasteiger charge is 2.14. The molecule has 0 aliphatic heterocycles. The van der Waals surface area contributed by atoms with Gasteiger partial charge in [0, 0.05) is 18.0 Å². The second-order valence-corrected chi connectivity index (χ2v) is 5.15. The van der Waals surface area contributed by atoms with E-state index >= 15 is 0 Å². The van der Waals surface area contributed by atoms with E-state index in [1.807, 2.05) is 12.1 Å². The van der Waals surface area contributed by atoms with Crippen LogP contribution in [-0.4, -0.2) is 23.5 Å². The first kappa shape index (κ1) is 15.3. The van der Waals surface area contributed by atoms with Crippen molar-refractivity contribution in [3.05, 3.63) is 46.4 Å². The summed E-state index contributed by atoms with van der Waals surface area (Å²) in [6.07, 6.45) is 2.91. The third kappa shape index (κ3) is 3.70. The third-order valence-corrected chi connectivity index (χ3v) is 3.52. The molecule has 1 aromatic heterocycles. The molecule has 21 heavy (non-hydrogen) atoms. The van der Waals surface area contributed by atoms with E-state index in [1.54, 1.807) is 18.2 Å². The number of pyridine rings is 1. The first-order valence-corrected chi connectivity index (χ1v) is 7.28. The Balaban J connectivity index is 2.21. The Morgan fingerprint density at radius 1 is 1.38 bits per heavy atom. The van der Waals surface area contributed by atoms with Gasteiger partial charge in [0.2, 0.25) is 0 Å². The van der Waals surface area contributed by atoms with Crippen LogP contribution in [0.4, 0.5) is 0 Å². The predicted molar refractivity (Wildman–Crippen MR) is 84.4 cm³/mol. The minimum absolute atomic E-state index is 0.0626. The van der Waals surface area contributed by atoms with Gasteiger partial charge in [0.15, 0.2) is 0 Å². The highest BCUT2D eigenvalue weighted by molar-refractivity contribution is 5.96. The van der Waals surface area contributed by atoms with E-state index in [2.05, 4.69) is 17.2 Å². The SMILES string of the molecule is CCCCC(CN)NC(=O)c1cc2ccccc2c(=O)[nH]1. The highest BCUT2D eigenvalue weighted by Crippen LogP contribution is 2.10. The molecule has 0 spiro atoms. The highest BCUT2D eigenvalue weighted by atomic mass is 16.2. The summed E-state index contributed by atoms with van der Waals surface area (Å²) in [5.41, 5.74) is 5.69. The van der Waals surface area contributed by atoms with Gasteiger partial charge >= 0.3 is 0 Å². The summed E-state index contributed by atoms with van der Waals surface area (Å²) in [5, 5.41) is 4.21. The number of benzene rings is 1. The first-order valence-electron chi connectivity index (χ1n) is 7.28. The van der Waals surface area contributed by atoms with Gasteiger partial charge in [-0.15, -0.1) is 0 Å². The molecule has 1 aromatic carbocycles. The summed E-state index contributed by atoms with van der Waals surface area (Å²) < 4.78 is 0. The van der Waals surface area contributed by atoms with Gasteiger partial charge in [-0.3, -0.25) is 9.59 Å². The Labute approximate surface area is 123 Å². The van der Waals surface area contributed by atoms with E-state index in [0.717, 1.165) is 24.6 Å². The Kier molecular flexibility index (Phi) is 5.11. The van der Waals surface area contributed by atoms with Gasteiger partial charge in [-0.05, 0) is 23.9 Å². The molecule has 0 saturated carbocycles. The van der Waals surface area contributed by atoms with Gasteiger partial charge in [-0.2, -0.15) is 0 Å². The van der Waals surface area contributed by atoms with Crippen LogP contribution in [-0.2, 0) is 0 Å². The maximum Gasteiger partial charge on any atom is 0.268 e. The molecule has 1 amide bonds. The number of H-pyrrole nitrogens is 1. The van der Waals surface area contributed by atoms with Gasteiger partial charge in [0.1, 0.15) is 5.69 Å². The number of aromatic amines is 1. The van der Waals surface area contributed by atoms with E-state index in [1.165, 1.54) is 0 Å². The van der Waals surface area contributed by atoms with Crippen LogP contribution in [0.5, 0.6) is 0 Å². The Hall–Kier alpha value is -2.14. The number of rotatable bonds is 6. The lowest BCUT2D eigenvalue weighted by molar-refractivity contribution is 0.0930. The Morgan fingerprint density at radius 3 is 2.86 bits per heavy atom. The predicted octanol–water partition coefficient (Wildman–Crippen LogP) is 1.78. The van der Waals surface area contributed by atoms with Crippen molar-refractivity contribution in [3.63, 3.8) is 0 Å². The molecule has 1 atom stereocenters. The summed E-state index contributed by atoms with van der Waals surface area (Å²) in [6, 6.07) is 8.82. The van der Waals surface area contributed by atoms with Crippen LogP contribution in [0.2, 0.25) is 0 Å². The second kappa shape index (κ2) is 7.04. The van der Waals surface area contributed by atoms with Crippen LogP contribution in [0, 0.1) is 0 Å². The van der Waals surface area contributed by atoms with Crippen molar-refractivity contribution in [1.82, 2.24) is 10.3 Å². The summed E-state index contributed by atoms with van der Waals surface area (Å²) in [6.45, 7) is 2.49. The zero-order chi connectivity index (χ0) is 15.2. The molecule has 4 N–H and O–H groups in total. The van der Waals surface area contributed by atoms with Crippen molar-refractivity contribution >= 4 is 16.7 Å². The molecule has 112 valence electrons. The molecule has 0 saturated heterocycles. The summed E-state index contributed by atoms with van der Waals surface area (Å²) in [4.78, 5) is 26.8. The zero-order valence-electron chi connectivity index (χ0n) is 12.2. The monoisotopic (exact) mass is 287 g/mol. The minimum atomic E-state index is -0.288. The lowest BCUT2D eigenvalue weighted by Gasteiger charge is -2.16. The summed E-state index contributed by atoms with van der Waals surface area (Å²) in [5.74, 6) is -0.288. The first-order chi connectivity index (χ1) is 10.2. The van der Waals surface area contributed by atoms with Gasteiger partial charge < -0.3 is 16.0 Å². The average molecular weight is 287 g/mol. The van der Waals surface area contributed by atoms with E-state index in [9.17, 15) is 9.59 Å². The lowest BCUT2D eigenvalue weighted by atomic mass is 10.1. The Morgan fingerprint density at radius 2 is 2.14 bits per heavy atom. The number of aromatic nitrogens is 1. The molecule has 0 fully saturated rings. The fourth-order valence-corrected chi connectivity index (χ4v) is 2.30. The summed E-state index contributed by atoms with van der Waals surface area (Å²) >= 11 is 0. The van der Waals surface area contributed by atoms with Gasteiger partial charge in [0.05, 0.1) is 0 Å². The standard InChI is InChI=1S/C16H21N3O2/c1-2-3-7-12(10-17)18-16(21)14-9-11-6-4-5-8-13(11)15(20)19-14/h4-6,8-9,12H,2-3,7,10,17H2,1H3,(H,18,21)(H,19,20). The Bertz CT molecular complexity index is 679. The number of hydrogen-bond donors (Lipinski definition) is 3. The average Bonchev–Trinajstić information content (AvgIpc) is 2.51. The van der Waals surface area contributed by atoms with Crippen LogP contribution >= 0.6 is 0 Å². The molecule has 1 unspecified atom stereocenters. The molecule has 0 aliphatic carbocycles. The lowest BCUT2D eigenvalue weighted by Crippen LogP contribution is -2.40. The number of nitrogens with one attached hydrogen (secondary N) is 2. The number of hydrogen-bond acceptors (Lipinski definition) is 3. The number of carbonyl (C=O) groups excluding carboxylic acids is 1. The molecular weight excluding hydrogens is 266 g/mol. The molecule has 0 aliphatic rings. The van der Waals surface area contributed by atoms with Crippen molar-refractivity contribution in [1.29, 1.82) is 0 Å². The second-order valence-electron chi connectivity index (χ2n) is 5.15. The smallest absolute Gasteiger partial charge is 0.268 e. The van der Waals surface area contributed by atoms with Crippen molar-refractivity contribution in [2.45, 2.75) is 32.2 Å². The molecule has 0 radical (unpaired) electrons. The number of carbonyl (C=O) groups is 1. The van der Waals surface area contributed by atoms with Gasteiger partial charge in [0.25, 0.3) is 11.5 Å². The molecule has 2 aromatic rings. The maximum absolute atomic E-state index is 12.2. The van der Waals surface area contributed by atoms with Crippen molar-refractivity contribution < 1.29 is 4.79 Å². The van der Waals surface area contributed by atoms with Crippen molar-refractivity contribution in [2.75, 3.05) is 6.54 Å². The summed E-state index contributed by atoms with van der Waals surface area (Å²) in [7, 11) is 0. The molecule has 5 nitrogen and oxygen atoms in total. The zero-order valence-corrected chi connectivity index (χ0v) is 12.2. The molecule has 1 heterocycles. The molecule has 0 bridgehead atoms. The van der Waals surface area contributed by atoms with Crippen LogP contribution in [0.25, 0.3) is 10.8 Å². The quantitative estimate of drug-likeness (QED) is 0.756. The van der Waals surface area contributed by atoms with E-state index in [4.69, 9.17) is 5.73 Å². The van der Waals surface area contributed by atoms with Crippen LogP contribution in [0.15, 0.2) is 35.1 Å². The van der Waals surface area contributed by atoms with Crippen LogP contribution < -0.4 is 16.6 Å². The van der Waals surface area contributed by atoms with E-state index < -0.39 is 0 Å². The topological polar surface area (TPSA) is 88.0 Å². The molecule has 2 rings (SSSR count). The maximum atomic E-state index is 12.2. The van der Waals surface area contributed by atoms with E-state index in [0.29, 0.717) is 11.9 Å². The van der Waals surface area contributed by atoms with Gasteiger partial charge in [-0.1, -0.05) is 38.0 Å². The third-order valence-electron chi connectivity index (χ3n) is 3.52. The fraction of sp³-hybridized carbons (Fsp3) is 0.375.